The number of esters is 2. The van der Waals surface area contributed by atoms with Crippen molar-refractivity contribution in [1.29, 1.82) is 0 Å². The van der Waals surface area contributed by atoms with E-state index in [0.717, 1.165) is 25.7 Å². The standard InChI is InChI=1S/C29H56O5/c1-3-5-7-9-11-12-13-14-15-16-17-19-21-23-29(31)34-27-25-32-24-26-33-28(30)22-20-18-10-8-6-4-2/h3-27H2,1-2H3. The van der Waals surface area contributed by atoms with Crippen LogP contribution in [0.4, 0.5) is 0 Å². The van der Waals surface area contributed by atoms with E-state index in [4.69, 9.17) is 14.2 Å². The lowest BCUT2D eigenvalue weighted by Crippen LogP contribution is -2.14. The zero-order valence-electron chi connectivity index (χ0n) is 22.7. The number of ether oxygens (including phenoxy) is 3. The van der Waals surface area contributed by atoms with Crippen LogP contribution >= 0.6 is 0 Å². The number of carbonyl (C=O) groups is 2. The number of rotatable bonds is 27. The van der Waals surface area contributed by atoms with Crippen LogP contribution in [0, 0.1) is 0 Å². The van der Waals surface area contributed by atoms with Gasteiger partial charge < -0.3 is 14.2 Å². The quantitative estimate of drug-likeness (QED) is 0.0866. The minimum Gasteiger partial charge on any atom is -0.463 e. The number of hydrogen-bond acceptors (Lipinski definition) is 5. The fraction of sp³-hybridized carbons (Fsp3) is 0.931. The Balaban J connectivity index is 3.24. The Hall–Kier alpha value is -1.10. The maximum Gasteiger partial charge on any atom is 0.305 e. The van der Waals surface area contributed by atoms with Crippen LogP contribution in [0.25, 0.3) is 0 Å². The van der Waals surface area contributed by atoms with E-state index < -0.39 is 0 Å². The summed E-state index contributed by atoms with van der Waals surface area (Å²) in [5.74, 6) is -0.291. The molecule has 0 atom stereocenters. The van der Waals surface area contributed by atoms with Crippen molar-refractivity contribution in [2.75, 3.05) is 26.4 Å². The predicted molar refractivity (Wildman–Crippen MR) is 141 cm³/mol. The Bertz CT molecular complexity index is 438. The lowest BCUT2D eigenvalue weighted by molar-refractivity contribution is -0.146. The topological polar surface area (TPSA) is 61.8 Å². The minimum atomic E-state index is -0.150. The minimum absolute atomic E-state index is 0.142. The molecule has 0 unspecified atom stereocenters. The summed E-state index contributed by atoms with van der Waals surface area (Å²) >= 11 is 0. The second kappa shape index (κ2) is 28.1. The average Bonchev–Trinajstić information content (AvgIpc) is 2.83. The molecule has 0 aliphatic rings. The largest absolute Gasteiger partial charge is 0.463 e. The van der Waals surface area contributed by atoms with Gasteiger partial charge in [-0.3, -0.25) is 9.59 Å². The number of hydrogen-bond donors (Lipinski definition) is 0. The summed E-state index contributed by atoms with van der Waals surface area (Å²) < 4.78 is 15.7. The molecule has 0 saturated carbocycles. The highest BCUT2D eigenvalue weighted by molar-refractivity contribution is 5.69. The molecule has 0 aliphatic heterocycles. The van der Waals surface area contributed by atoms with Crippen molar-refractivity contribution in [1.82, 2.24) is 0 Å². The second-order valence-corrected chi connectivity index (χ2v) is 9.56. The maximum atomic E-state index is 11.8. The van der Waals surface area contributed by atoms with Gasteiger partial charge >= 0.3 is 11.9 Å². The van der Waals surface area contributed by atoms with Gasteiger partial charge in [-0.05, 0) is 12.8 Å². The van der Waals surface area contributed by atoms with Crippen LogP contribution in [-0.4, -0.2) is 38.4 Å². The van der Waals surface area contributed by atoms with E-state index in [1.807, 2.05) is 0 Å². The van der Waals surface area contributed by atoms with E-state index in [-0.39, 0.29) is 25.2 Å². The lowest BCUT2D eigenvalue weighted by atomic mass is 10.0. The molecule has 0 bridgehead atoms. The maximum absolute atomic E-state index is 11.8. The zero-order valence-corrected chi connectivity index (χ0v) is 22.7. The normalized spacial score (nSPS) is 11.0. The van der Waals surface area contributed by atoms with Crippen molar-refractivity contribution in [2.45, 2.75) is 149 Å². The van der Waals surface area contributed by atoms with Crippen LogP contribution in [0.1, 0.15) is 149 Å². The highest BCUT2D eigenvalue weighted by atomic mass is 16.6. The van der Waals surface area contributed by atoms with Gasteiger partial charge in [-0.1, -0.05) is 123 Å². The van der Waals surface area contributed by atoms with Crippen molar-refractivity contribution in [2.24, 2.45) is 0 Å². The molecule has 0 radical (unpaired) electrons. The molecule has 0 heterocycles. The zero-order chi connectivity index (χ0) is 25.0. The van der Waals surface area contributed by atoms with Crippen molar-refractivity contribution in [3.8, 4) is 0 Å². The summed E-state index contributed by atoms with van der Waals surface area (Å²) in [6.45, 7) is 5.69. The molecule has 5 heteroatoms. The van der Waals surface area contributed by atoms with Gasteiger partial charge in [-0.15, -0.1) is 0 Å². The summed E-state index contributed by atoms with van der Waals surface area (Å²) in [7, 11) is 0. The third-order valence-corrected chi connectivity index (χ3v) is 6.20. The third-order valence-electron chi connectivity index (χ3n) is 6.20. The van der Waals surface area contributed by atoms with Gasteiger partial charge in [0.05, 0.1) is 13.2 Å². The summed E-state index contributed by atoms with van der Waals surface area (Å²) in [6, 6.07) is 0. The van der Waals surface area contributed by atoms with E-state index in [9.17, 15) is 9.59 Å². The highest BCUT2D eigenvalue weighted by Crippen LogP contribution is 2.13. The first kappa shape index (κ1) is 32.9. The van der Waals surface area contributed by atoms with Gasteiger partial charge in [0.2, 0.25) is 0 Å². The van der Waals surface area contributed by atoms with Crippen LogP contribution in [0.5, 0.6) is 0 Å². The fourth-order valence-electron chi connectivity index (χ4n) is 4.01. The fourth-order valence-corrected chi connectivity index (χ4v) is 4.01. The molecule has 0 saturated heterocycles. The van der Waals surface area contributed by atoms with E-state index in [1.54, 1.807) is 0 Å². The molecule has 5 nitrogen and oxygen atoms in total. The predicted octanol–water partition coefficient (Wildman–Crippen LogP) is 8.32. The van der Waals surface area contributed by atoms with Gasteiger partial charge in [0.15, 0.2) is 0 Å². The Morgan fingerprint density at radius 1 is 0.412 bits per heavy atom. The summed E-state index contributed by atoms with van der Waals surface area (Å²) in [5, 5.41) is 0. The summed E-state index contributed by atoms with van der Waals surface area (Å²) in [5.41, 5.74) is 0. The molecule has 0 fully saturated rings. The van der Waals surface area contributed by atoms with Crippen LogP contribution in [0.2, 0.25) is 0 Å². The molecule has 202 valence electrons. The van der Waals surface area contributed by atoms with Gasteiger partial charge in [-0.2, -0.15) is 0 Å². The molecule has 0 rings (SSSR count). The monoisotopic (exact) mass is 484 g/mol. The third kappa shape index (κ3) is 27.1. The lowest BCUT2D eigenvalue weighted by Gasteiger charge is -2.07. The molecule has 0 N–H and O–H groups in total. The van der Waals surface area contributed by atoms with E-state index >= 15 is 0 Å². The molecule has 0 amide bonds. The Labute approximate surface area is 211 Å². The molecular weight excluding hydrogens is 428 g/mol. The van der Waals surface area contributed by atoms with Crippen LogP contribution in [0.15, 0.2) is 0 Å². The number of carbonyl (C=O) groups excluding carboxylic acids is 2. The van der Waals surface area contributed by atoms with Crippen molar-refractivity contribution < 1.29 is 23.8 Å². The van der Waals surface area contributed by atoms with Gasteiger partial charge in [-0.25, -0.2) is 0 Å². The molecule has 0 aromatic heterocycles. The average molecular weight is 485 g/mol. The first-order chi connectivity index (χ1) is 16.7. The first-order valence-electron chi connectivity index (χ1n) is 14.6. The SMILES string of the molecule is CCCCCCCCCCCCCCCC(=O)OCCOCCOC(=O)CCCCCCCC. The van der Waals surface area contributed by atoms with Crippen molar-refractivity contribution >= 4 is 11.9 Å². The van der Waals surface area contributed by atoms with E-state index in [0.29, 0.717) is 26.1 Å². The van der Waals surface area contributed by atoms with Crippen LogP contribution in [0.3, 0.4) is 0 Å². The van der Waals surface area contributed by atoms with Gasteiger partial charge in [0, 0.05) is 12.8 Å². The Kier molecular flexibility index (Phi) is 27.2. The van der Waals surface area contributed by atoms with Gasteiger partial charge in [0.25, 0.3) is 0 Å². The molecular formula is C29H56O5. The van der Waals surface area contributed by atoms with E-state index in [1.165, 1.54) is 96.3 Å². The van der Waals surface area contributed by atoms with Gasteiger partial charge in [0.1, 0.15) is 13.2 Å². The second-order valence-electron chi connectivity index (χ2n) is 9.56. The van der Waals surface area contributed by atoms with Crippen molar-refractivity contribution in [3.63, 3.8) is 0 Å². The van der Waals surface area contributed by atoms with Crippen LogP contribution < -0.4 is 0 Å². The highest BCUT2D eigenvalue weighted by Gasteiger charge is 2.04. The smallest absolute Gasteiger partial charge is 0.305 e. The Morgan fingerprint density at radius 2 is 0.706 bits per heavy atom. The Morgan fingerprint density at radius 3 is 1.03 bits per heavy atom. The first-order valence-corrected chi connectivity index (χ1v) is 14.6. The molecule has 34 heavy (non-hydrogen) atoms. The van der Waals surface area contributed by atoms with E-state index in [2.05, 4.69) is 13.8 Å². The molecule has 0 aromatic rings. The molecule has 0 spiro atoms. The number of unbranched alkanes of at least 4 members (excludes halogenated alkanes) is 17. The molecule has 0 aromatic carbocycles. The summed E-state index contributed by atoms with van der Waals surface area (Å²) in [4.78, 5) is 23.4. The van der Waals surface area contributed by atoms with Crippen molar-refractivity contribution in [3.05, 3.63) is 0 Å². The van der Waals surface area contributed by atoms with Crippen LogP contribution in [-0.2, 0) is 23.8 Å². The molecule has 0 aliphatic carbocycles. The summed E-state index contributed by atoms with van der Waals surface area (Å²) in [6.07, 6.45) is 24.8.